The number of aliphatic hydroxyl groups is 1. The second kappa shape index (κ2) is 4.63. The zero-order chi connectivity index (χ0) is 9.72. The van der Waals surface area contributed by atoms with E-state index in [-0.39, 0.29) is 6.42 Å². The lowest BCUT2D eigenvalue weighted by molar-refractivity contribution is -0.141. The number of hydrogen-bond acceptors (Lipinski definition) is 4. The van der Waals surface area contributed by atoms with E-state index in [0.29, 0.717) is 0 Å². The summed E-state index contributed by atoms with van der Waals surface area (Å²) < 4.78 is 0. The molecular weight excluding hydrogens is 162 g/mol. The molecule has 0 amide bonds. The predicted molar refractivity (Wildman–Crippen MR) is 41.4 cm³/mol. The monoisotopic (exact) mass is 173 g/mol. The number of nitrogens with two attached hydrogens (primary N) is 1. The normalized spacial score (nSPS) is 14.8. The van der Waals surface area contributed by atoms with Crippen molar-refractivity contribution in [3.63, 3.8) is 0 Å². The Morgan fingerprint density at radius 2 is 2.08 bits per heavy atom. The smallest absolute Gasteiger partial charge is 0.323 e. The molecule has 4 N–H and O–H groups in total. The van der Waals surface area contributed by atoms with Crippen molar-refractivity contribution >= 4 is 11.8 Å². The van der Waals surface area contributed by atoms with Gasteiger partial charge in [0.25, 0.3) is 0 Å². The maximum absolute atomic E-state index is 10.6. The van der Waals surface area contributed by atoms with Gasteiger partial charge >= 0.3 is 5.97 Å². The van der Waals surface area contributed by atoms with Crippen LogP contribution in [0.25, 0.3) is 0 Å². The number of ketones is 1. The summed E-state index contributed by atoms with van der Waals surface area (Å²) in [5.41, 5.74) is 5.03. The van der Waals surface area contributed by atoms with E-state index >= 15 is 0 Å². The van der Waals surface area contributed by atoms with Gasteiger partial charge in [-0.05, 0) is 6.08 Å². The van der Waals surface area contributed by atoms with E-state index in [0.717, 1.165) is 6.08 Å². The van der Waals surface area contributed by atoms with E-state index in [1.165, 1.54) is 0 Å². The van der Waals surface area contributed by atoms with Gasteiger partial charge in [0.15, 0.2) is 5.78 Å². The molecule has 0 rings (SSSR count). The summed E-state index contributed by atoms with van der Waals surface area (Å²) in [4.78, 5) is 20.8. The minimum absolute atomic E-state index is 0.309. The molecule has 2 atom stereocenters. The Balaban J connectivity index is 4.03. The van der Waals surface area contributed by atoms with E-state index in [2.05, 4.69) is 6.58 Å². The third-order valence-corrected chi connectivity index (χ3v) is 1.34. The highest BCUT2D eigenvalue weighted by atomic mass is 16.4. The number of rotatable bonds is 5. The molecule has 0 unspecified atom stereocenters. The van der Waals surface area contributed by atoms with Crippen LogP contribution in [0.4, 0.5) is 0 Å². The lowest BCUT2D eigenvalue weighted by Crippen LogP contribution is -2.42. The van der Waals surface area contributed by atoms with Crippen LogP contribution in [0.3, 0.4) is 0 Å². The van der Waals surface area contributed by atoms with Crippen LogP contribution in [0, 0.1) is 0 Å². The Hall–Kier alpha value is -1.20. The molecular formula is C7H11NO4. The minimum Gasteiger partial charge on any atom is -0.480 e. The second-order valence-electron chi connectivity index (χ2n) is 2.31. The number of carboxylic acids is 1. The first kappa shape index (κ1) is 10.8. The van der Waals surface area contributed by atoms with Crippen LogP contribution in [0.2, 0.25) is 0 Å². The third-order valence-electron chi connectivity index (χ3n) is 1.34. The van der Waals surface area contributed by atoms with E-state index < -0.39 is 23.9 Å². The molecule has 0 aliphatic carbocycles. The highest BCUT2D eigenvalue weighted by Gasteiger charge is 2.23. The molecule has 0 aromatic carbocycles. The SMILES string of the molecule is C=CC(=O)C[C@H](O)[C@H](N)C(=O)O. The fourth-order valence-electron chi connectivity index (χ4n) is 0.581. The topological polar surface area (TPSA) is 101 Å². The van der Waals surface area contributed by atoms with Gasteiger partial charge in [-0.1, -0.05) is 6.58 Å². The fraction of sp³-hybridized carbons (Fsp3) is 0.429. The average Bonchev–Trinajstić information content (AvgIpc) is 2.02. The number of carbonyl (C=O) groups excluding carboxylic acids is 1. The van der Waals surface area contributed by atoms with Gasteiger partial charge in [-0.2, -0.15) is 0 Å². The van der Waals surface area contributed by atoms with Crippen molar-refractivity contribution in [2.45, 2.75) is 18.6 Å². The van der Waals surface area contributed by atoms with Gasteiger partial charge in [-0.3, -0.25) is 9.59 Å². The van der Waals surface area contributed by atoms with Gasteiger partial charge in [0.1, 0.15) is 6.04 Å². The molecule has 0 fully saturated rings. The van der Waals surface area contributed by atoms with Crippen molar-refractivity contribution < 1.29 is 19.8 Å². The van der Waals surface area contributed by atoms with Crippen LogP contribution in [0.5, 0.6) is 0 Å². The first-order valence-electron chi connectivity index (χ1n) is 3.30. The van der Waals surface area contributed by atoms with Crippen molar-refractivity contribution in [3.05, 3.63) is 12.7 Å². The second-order valence-corrected chi connectivity index (χ2v) is 2.31. The Bertz CT molecular complexity index is 202. The standard InChI is InChI=1S/C7H11NO4/c1-2-4(9)3-5(10)6(8)7(11)12/h2,5-6,10H,1,3,8H2,(H,11,12)/t5-,6-/m0/s1. The van der Waals surface area contributed by atoms with Crippen LogP contribution in [0.15, 0.2) is 12.7 Å². The number of carboxylic acid groups (broad SMARTS) is 1. The molecule has 12 heavy (non-hydrogen) atoms. The van der Waals surface area contributed by atoms with Gasteiger partial charge in [0.2, 0.25) is 0 Å². The maximum atomic E-state index is 10.6. The molecule has 0 aliphatic heterocycles. The molecule has 0 radical (unpaired) electrons. The van der Waals surface area contributed by atoms with Gasteiger partial charge in [-0.25, -0.2) is 0 Å². The molecule has 0 saturated carbocycles. The van der Waals surface area contributed by atoms with E-state index in [9.17, 15) is 9.59 Å². The Morgan fingerprint density at radius 3 is 2.42 bits per heavy atom. The van der Waals surface area contributed by atoms with Gasteiger partial charge in [-0.15, -0.1) is 0 Å². The molecule has 0 heterocycles. The molecule has 0 saturated heterocycles. The summed E-state index contributed by atoms with van der Waals surface area (Å²) in [6.45, 7) is 3.17. The number of allylic oxidation sites excluding steroid dienone is 1. The molecule has 0 spiro atoms. The summed E-state index contributed by atoms with van der Waals surface area (Å²) in [5.74, 6) is -1.77. The largest absolute Gasteiger partial charge is 0.480 e. The van der Waals surface area contributed by atoms with Gasteiger partial charge in [0, 0.05) is 6.42 Å². The lowest BCUT2D eigenvalue weighted by Gasteiger charge is -2.12. The van der Waals surface area contributed by atoms with Crippen molar-refractivity contribution in [1.29, 1.82) is 0 Å². The Kier molecular flexibility index (Phi) is 4.17. The lowest BCUT2D eigenvalue weighted by atomic mass is 10.1. The summed E-state index contributed by atoms with van der Waals surface area (Å²) >= 11 is 0. The molecule has 0 bridgehead atoms. The molecule has 5 heteroatoms. The zero-order valence-corrected chi connectivity index (χ0v) is 6.43. The van der Waals surface area contributed by atoms with Gasteiger partial charge < -0.3 is 15.9 Å². The van der Waals surface area contributed by atoms with Crippen molar-refractivity contribution in [1.82, 2.24) is 0 Å². The molecule has 5 nitrogen and oxygen atoms in total. The third kappa shape index (κ3) is 3.27. The minimum atomic E-state index is -1.42. The van der Waals surface area contributed by atoms with E-state index in [4.69, 9.17) is 15.9 Å². The first-order chi connectivity index (χ1) is 5.49. The predicted octanol–water partition coefficient (Wildman–Crippen LogP) is -1.10. The molecule has 68 valence electrons. The van der Waals surface area contributed by atoms with Crippen LogP contribution in [-0.4, -0.2) is 34.1 Å². The van der Waals surface area contributed by atoms with Crippen LogP contribution in [-0.2, 0) is 9.59 Å². The quantitative estimate of drug-likeness (QED) is 0.458. The van der Waals surface area contributed by atoms with Gasteiger partial charge in [0.05, 0.1) is 6.10 Å². The average molecular weight is 173 g/mol. The maximum Gasteiger partial charge on any atom is 0.323 e. The van der Waals surface area contributed by atoms with Crippen molar-refractivity contribution in [2.24, 2.45) is 5.73 Å². The zero-order valence-electron chi connectivity index (χ0n) is 6.43. The molecule has 0 aromatic heterocycles. The van der Waals surface area contributed by atoms with Crippen molar-refractivity contribution in [2.75, 3.05) is 0 Å². The van der Waals surface area contributed by atoms with E-state index in [1.807, 2.05) is 0 Å². The van der Waals surface area contributed by atoms with Crippen LogP contribution in [0.1, 0.15) is 6.42 Å². The number of carbonyl (C=O) groups is 2. The van der Waals surface area contributed by atoms with Crippen LogP contribution < -0.4 is 5.73 Å². The number of aliphatic carboxylic acids is 1. The number of hydrogen-bond donors (Lipinski definition) is 3. The highest BCUT2D eigenvalue weighted by molar-refractivity contribution is 5.90. The summed E-state index contributed by atoms with van der Waals surface area (Å²) in [6, 6.07) is -1.42. The highest BCUT2D eigenvalue weighted by Crippen LogP contribution is 1.98. The summed E-state index contributed by atoms with van der Waals surface area (Å²) in [6.07, 6.45) is -0.651. The summed E-state index contributed by atoms with van der Waals surface area (Å²) in [5, 5.41) is 17.3. The summed E-state index contributed by atoms with van der Waals surface area (Å²) in [7, 11) is 0. The Morgan fingerprint density at radius 1 is 1.58 bits per heavy atom. The Labute approximate surface area is 69.5 Å². The van der Waals surface area contributed by atoms with Crippen molar-refractivity contribution in [3.8, 4) is 0 Å². The van der Waals surface area contributed by atoms with Crippen LogP contribution >= 0.6 is 0 Å². The molecule has 0 aromatic rings. The number of aliphatic hydroxyl groups excluding tert-OH is 1. The fourth-order valence-corrected chi connectivity index (χ4v) is 0.581. The first-order valence-corrected chi connectivity index (χ1v) is 3.30. The van der Waals surface area contributed by atoms with E-state index in [1.54, 1.807) is 0 Å². The molecule has 0 aliphatic rings.